The predicted octanol–water partition coefficient (Wildman–Crippen LogP) is 8.01. The number of fused-ring (bicyclic) bond motifs is 2. The molecule has 10 nitrogen and oxygen atoms in total. The maximum atomic E-state index is 6.50. The van der Waals surface area contributed by atoms with Gasteiger partial charge in [-0.1, -0.05) is 30.3 Å². The fraction of sp³-hybridized carbons (Fsp3) is 0. The summed E-state index contributed by atoms with van der Waals surface area (Å²) >= 11 is 0. The number of aromatic amines is 2. The molecule has 0 fully saturated rings. The zero-order valence-electron chi connectivity index (χ0n) is 24.7. The quantitative estimate of drug-likeness (QED) is 0.194. The van der Waals surface area contributed by atoms with Crippen molar-refractivity contribution < 1.29 is 4.42 Å². The number of hydrogen-bond donors (Lipinski definition) is 2. The topological polar surface area (TPSA) is 135 Å². The minimum Gasteiger partial charge on any atom is -0.463 e. The van der Waals surface area contributed by atoms with E-state index in [1.54, 1.807) is 55.7 Å². The van der Waals surface area contributed by atoms with E-state index >= 15 is 0 Å². The Balaban J connectivity index is 1.60. The number of pyridine rings is 1. The highest BCUT2D eigenvalue weighted by molar-refractivity contribution is 6.23. The van der Waals surface area contributed by atoms with Crippen LogP contribution >= 0.6 is 0 Å². The Morgan fingerprint density at radius 1 is 0.596 bits per heavy atom. The van der Waals surface area contributed by atoms with E-state index in [1.165, 1.54) is 0 Å². The van der Waals surface area contributed by atoms with E-state index in [9.17, 15) is 0 Å². The molecule has 0 saturated carbocycles. The Labute approximate surface area is 267 Å². The third kappa shape index (κ3) is 4.31. The number of aromatic nitrogens is 9. The number of benzene rings is 2. The smallest absolute Gasteiger partial charge is 0.162 e. The molecule has 0 unspecified atom stereocenters. The van der Waals surface area contributed by atoms with Crippen molar-refractivity contribution in [2.24, 2.45) is 0 Å². The van der Waals surface area contributed by atoms with Crippen LogP contribution in [0.1, 0.15) is 0 Å². The van der Waals surface area contributed by atoms with Gasteiger partial charge in [-0.15, -0.1) is 5.10 Å². The second-order valence-corrected chi connectivity index (χ2v) is 10.8. The summed E-state index contributed by atoms with van der Waals surface area (Å²) in [5, 5.41) is 11.5. The van der Waals surface area contributed by atoms with E-state index in [0.717, 1.165) is 60.9 Å². The zero-order valence-corrected chi connectivity index (χ0v) is 24.7. The summed E-state index contributed by atoms with van der Waals surface area (Å²) in [6, 6.07) is 23.6. The number of hydrogen-bond acceptors (Lipinski definition) is 8. The number of rotatable bonds is 6. The van der Waals surface area contributed by atoms with Gasteiger partial charge in [0.05, 0.1) is 46.2 Å². The van der Waals surface area contributed by atoms with Gasteiger partial charge in [-0.2, -0.15) is 5.10 Å². The molecule has 2 aromatic carbocycles. The first-order valence-corrected chi connectivity index (χ1v) is 15.0. The molecule has 7 heterocycles. The molecule has 0 aliphatic carbocycles. The summed E-state index contributed by atoms with van der Waals surface area (Å²) in [6.07, 6.45) is 15.8. The average Bonchev–Trinajstić information content (AvgIpc) is 3.92. The van der Waals surface area contributed by atoms with Crippen molar-refractivity contribution in [2.75, 3.05) is 0 Å². The Morgan fingerprint density at radius 2 is 1.45 bits per heavy atom. The molecule has 0 aliphatic rings. The fourth-order valence-corrected chi connectivity index (χ4v) is 6.34. The van der Waals surface area contributed by atoms with Gasteiger partial charge in [0, 0.05) is 81.9 Å². The lowest BCUT2D eigenvalue weighted by atomic mass is 9.84. The first-order valence-electron chi connectivity index (χ1n) is 15.0. The van der Waals surface area contributed by atoms with E-state index in [-0.39, 0.29) is 0 Å². The third-order valence-corrected chi connectivity index (χ3v) is 8.21. The highest BCUT2D eigenvalue weighted by atomic mass is 16.3. The lowest BCUT2D eigenvalue weighted by Crippen LogP contribution is -2.00. The maximum Gasteiger partial charge on any atom is 0.162 e. The molecular weight excluding hydrogens is 586 g/mol. The number of furan rings is 1. The number of nitrogens with zero attached hydrogens (tertiary/aromatic N) is 7. The molecule has 0 aliphatic heterocycles. The van der Waals surface area contributed by atoms with Gasteiger partial charge in [-0.05, 0) is 42.5 Å². The van der Waals surface area contributed by atoms with Crippen LogP contribution in [-0.2, 0) is 0 Å². The van der Waals surface area contributed by atoms with Gasteiger partial charge in [0.2, 0.25) is 0 Å². The van der Waals surface area contributed by atoms with Crippen molar-refractivity contribution in [2.45, 2.75) is 0 Å². The summed E-state index contributed by atoms with van der Waals surface area (Å²) in [5.41, 5.74) is 8.53. The van der Waals surface area contributed by atoms with Crippen molar-refractivity contribution in [1.82, 2.24) is 45.1 Å². The van der Waals surface area contributed by atoms with Gasteiger partial charge in [0.1, 0.15) is 11.5 Å². The molecule has 0 saturated heterocycles. The lowest BCUT2D eigenvalue weighted by molar-refractivity contribution is 0.588. The summed E-state index contributed by atoms with van der Waals surface area (Å²) < 4.78 is 6.50. The van der Waals surface area contributed by atoms with Crippen LogP contribution < -0.4 is 0 Å². The van der Waals surface area contributed by atoms with Crippen molar-refractivity contribution in [3.63, 3.8) is 0 Å². The molecule has 10 heteroatoms. The van der Waals surface area contributed by atoms with Gasteiger partial charge in [-0.3, -0.25) is 15.0 Å². The predicted molar refractivity (Wildman–Crippen MR) is 180 cm³/mol. The minimum absolute atomic E-state index is 0.513. The monoisotopic (exact) mass is 609 g/mol. The molecule has 9 aromatic rings. The molecule has 0 radical (unpaired) electrons. The fourth-order valence-electron chi connectivity index (χ4n) is 6.34. The Morgan fingerprint density at radius 3 is 2.23 bits per heavy atom. The molecule has 47 heavy (non-hydrogen) atoms. The first kappa shape index (κ1) is 26.6. The van der Waals surface area contributed by atoms with Crippen LogP contribution in [0.15, 0.2) is 133 Å². The van der Waals surface area contributed by atoms with E-state index in [1.807, 2.05) is 60.8 Å². The molecule has 0 amide bonds. The van der Waals surface area contributed by atoms with E-state index < -0.39 is 0 Å². The highest BCUT2D eigenvalue weighted by Gasteiger charge is 2.33. The van der Waals surface area contributed by atoms with Gasteiger partial charge < -0.3 is 14.4 Å². The van der Waals surface area contributed by atoms with Crippen molar-refractivity contribution in [1.29, 1.82) is 0 Å². The highest BCUT2D eigenvalue weighted by Crippen LogP contribution is 2.54. The summed E-state index contributed by atoms with van der Waals surface area (Å²) in [7, 11) is 0. The van der Waals surface area contributed by atoms with Crippen molar-refractivity contribution in [3.05, 3.63) is 129 Å². The van der Waals surface area contributed by atoms with Crippen LogP contribution in [0, 0.1) is 0 Å². The summed E-state index contributed by atoms with van der Waals surface area (Å²) in [6.45, 7) is 0. The van der Waals surface area contributed by atoms with Crippen molar-refractivity contribution >= 4 is 21.7 Å². The number of nitrogens with one attached hydrogen (secondary N) is 2. The van der Waals surface area contributed by atoms with Crippen molar-refractivity contribution in [3.8, 4) is 67.9 Å². The van der Waals surface area contributed by atoms with E-state index in [0.29, 0.717) is 28.7 Å². The normalized spacial score (nSPS) is 11.4. The molecule has 0 atom stereocenters. The Bertz CT molecular complexity index is 2490. The lowest BCUT2D eigenvalue weighted by Gasteiger charge is -2.20. The van der Waals surface area contributed by atoms with Crippen LogP contribution in [-0.4, -0.2) is 45.1 Å². The SMILES string of the molecule is c1ccc(-c2c(-c3ccc[nH]3)c(-c3occ4ccccc34)c3[nH]c(-c4cccnn4)c(-c4ncccn4)c3c2-c2cnccn2)nc1. The van der Waals surface area contributed by atoms with Crippen LogP contribution in [0.2, 0.25) is 0 Å². The molecule has 9 rings (SSSR count). The number of H-pyrrole nitrogens is 2. The van der Waals surface area contributed by atoms with E-state index in [2.05, 4.69) is 37.3 Å². The molecule has 222 valence electrons. The van der Waals surface area contributed by atoms with Gasteiger partial charge in [0.15, 0.2) is 5.82 Å². The average molecular weight is 610 g/mol. The molecule has 2 N–H and O–H groups in total. The van der Waals surface area contributed by atoms with Crippen LogP contribution in [0.3, 0.4) is 0 Å². The minimum atomic E-state index is 0.513. The largest absolute Gasteiger partial charge is 0.463 e. The maximum absolute atomic E-state index is 6.50. The second kappa shape index (κ2) is 11.0. The van der Waals surface area contributed by atoms with Crippen LogP contribution in [0.4, 0.5) is 0 Å². The summed E-state index contributed by atoms with van der Waals surface area (Å²) in [5.74, 6) is 1.21. The van der Waals surface area contributed by atoms with Gasteiger partial charge >= 0.3 is 0 Å². The standard InChI is InChI=1S/C37H23N9O/c1-2-9-23-22(8-1)21-47-36(23)32-29(25-11-5-14-40-25)28(24-10-3-4-13-39-24)30(27-20-38-18-19-41-27)31-33(37-42-15-7-16-43-37)34(45-35(31)32)26-12-6-17-44-46-26/h1-21,40,45H. The summed E-state index contributed by atoms with van der Waals surface area (Å²) in [4.78, 5) is 31.0. The Kier molecular flexibility index (Phi) is 6.20. The molecular formula is C37H23N9O. The third-order valence-electron chi connectivity index (χ3n) is 8.21. The van der Waals surface area contributed by atoms with Crippen LogP contribution in [0.5, 0.6) is 0 Å². The molecule has 7 aromatic heterocycles. The van der Waals surface area contributed by atoms with Crippen LogP contribution in [0.25, 0.3) is 89.5 Å². The second-order valence-electron chi connectivity index (χ2n) is 10.8. The first-order chi connectivity index (χ1) is 23.4. The van der Waals surface area contributed by atoms with Gasteiger partial charge in [-0.25, -0.2) is 9.97 Å². The molecule has 0 spiro atoms. The van der Waals surface area contributed by atoms with Gasteiger partial charge in [0.25, 0.3) is 0 Å². The molecule has 0 bridgehead atoms. The Hall–Kier alpha value is -6.81. The van der Waals surface area contributed by atoms with E-state index in [4.69, 9.17) is 24.4 Å². The zero-order chi connectivity index (χ0) is 31.2.